The lowest BCUT2D eigenvalue weighted by Gasteiger charge is -2.32. The van der Waals surface area contributed by atoms with Gasteiger partial charge in [0, 0.05) is 6.04 Å². The van der Waals surface area contributed by atoms with E-state index >= 15 is 0 Å². The van der Waals surface area contributed by atoms with Crippen LogP contribution in [0.5, 0.6) is 0 Å². The summed E-state index contributed by atoms with van der Waals surface area (Å²) in [5, 5.41) is 3.87. The average molecular weight is 280 g/mol. The summed E-state index contributed by atoms with van der Waals surface area (Å²) in [7, 11) is 2.26. The van der Waals surface area contributed by atoms with Gasteiger partial charge in [-0.2, -0.15) is 0 Å². The Morgan fingerprint density at radius 3 is 2.50 bits per heavy atom. The van der Waals surface area contributed by atoms with Crippen molar-refractivity contribution in [3.05, 3.63) is 0 Å². The summed E-state index contributed by atoms with van der Waals surface area (Å²) < 4.78 is 0. The van der Waals surface area contributed by atoms with Crippen molar-refractivity contribution in [1.82, 2.24) is 10.2 Å². The van der Waals surface area contributed by atoms with Crippen LogP contribution in [0.2, 0.25) is 0 Å². The van der Waals surface area contributed by atoms with Gasteiger partial charge in [0.25, 0.3) is 0 Å². The second-order valence-corrected chi connectivity index (χ2v) is 7.85. The summed E-state index contributed by atoms with van der Waals surface area (Å²) in [5.41, 5.74) is 0. The van der Waals surface area contributed by atoms with E-state index in [-0.39, 0.29) is 0 Å². The molecule has 2 atom stereocenters. The lowest BCUT2D eigenvalue weighted by atomic mass is 9.81. The molecule has 0 bridgehead atoms. The first-order valence-corrected chi connectivity index (χ1v) is 9.05. The van der Waals surface area contributed by atoms with Crippen LogP contribution in [-0.2, 0) is 0 Å². The maximum atomic E-state index is 3.87. The second-order valence-electron chi connectivity index (χ2n) is 7.85. The van der Waals surface area contributed by atoms with Gasteiger partial charge in [0.1, 0.15) is 0 Å². The molecule has 0 amide bonds. The topological polar surface area (TPSA) is 15.3 Å². The zero-order valence-corrected chi connectivity index (χ0v) is 14.0. The maximum absolute atomic E-state index is 3.87. The molecule has 1 heterocycles. The Morgan fingerprint density at radius 2 is 1.80 bits per heavy atom. The average Bonchev–Trinajstić information content (AvgIpc) is 2.41. The van der Waals surface area contributed by atoms with Gasteiger partial charge in [0.2, 0.25) is 0 Å². The van der Waals surface area contributed by atoms with Crippen LogP contribution in [0, 0.1) is 17.8 Å². The maximum Gasteiger partial charge on any atom is 0.00697 e. The summed E-state index contributed by atoms with van der Waals surface area (Å²) in [6.45, 7) is 8.62. The molecule has 118 valence electrons. The molecule has 0 aromatic heterocycles. The number of nitrogens with zero attached hydrogens (tertiary/aromatic N) is 1. The Hall–Kier alpha value is -0.0800. The van der Waals surface area contributed by atoms with Gasteiger partial charge in [-0.1, -0.05) is 26.7 Å². The van der Waals surface area contributed by atoms with Gasteiger partial charge >= 0.3 is 0 Å². The molecule has 0 aromatic carbocycles. The van der Waals surface area contributed by atoms with Gasteiger partial charge in [-0.15, -0.1) is 0 Å². The Bertz CT molecular complexity index is 256. The van der Waals surface area contributed by atoms with E-state index in [0.717, 1.165) is 23.8 Å². The van der Waals surface area contributed by atoms with E-state index in [1.165, 1.54) is 71.0 Å². The van der Waals surface area contributed by atoms with Gasteiger partial charge in [-0.25, -0.2) is 0 Å². The highest BCUT2D eigenvalue weighted by Crippen LogP contribution is 2.29. The molecule has 2 nitrogen and oxygen atoms in total. The van der Waals surface area contributed by atoms with Gasteiger partial charge < -0.3 is 10.2 Å². The second kappa shape index (κ2) is 8.38. The molecule has 0 aromatic rings. The van der Waals surface area contributed by atoms with Crippen molar-refractivity contribution < 1.29 is 0 Å². The van der Waals surface area contributed by atoms with E-state index in [0.29, 0.717) is 0 Å². The summed E-state index contributed by atoms with van der Waals surface area (Å²) in [6.07, 6.45) is 11.5. The third-order valence-electron chi connectivity index (χ3n) is 5.41. The van der Waals surface area contributed by atoms with Crippen LogP contribution in [-0.4, -0.2) is 37.6 Å². The van der Waals surface area contributed by atoms with E-state index in [4.69, 9.17) is 0 Å². The SMILES string of the molecule is CC(C)CC1CCCC(NCCC2CCN(C)CC2)C1. The molecule has 2 unspecified atom stereocenters. The van der Waals surface area contributed by atoms with Gasteiger partial charge in [0.05, 0.1) is 0 Å². The smallest absolute Gasteiger partial charge is 0.00697 e. The minimum absolute atomic E-state index is 0.818. The van der Waals surface area contributed by atoms with Crippen LogP contribution in [0.4, 0.5) is 0 Å². The van der Waals surface area contributed by atoms with Gasteiger partial charge in [-0.3, -0.25) is 0 Å². The zero-order chi connectivity index (χ0) is 14.4. The molecule has 2 rings (SSSR count). The van der Waals surface area contributed by atoms with Gasteiger partial charge in [-0.05, 0) is 83.0 Å². The largest absolute Gasteiger partial charge is 0.314 e. The van der Waals surface area contributed by atoms with E-state index in [2.05, 4.69) is 31.1 Å². The van der Waals surface area contributed by atoms with Crippen molar-refractivity contribution in [2.45, 2.75) is 71.3 Å². The molecule has 1 aliphatic carbocycles. The molecule has 1 N–H and O–H groups in total. The lowest BCUT2D eigenvalue weighted by Crippen LogP contribution is -2.37. The van der Waals surface area contributed by atoms with Crippen LogP contribution in [0.25, 0.3) is 0 Å². The quantitative estimate of drug-likeness (QED) is 0.793. The fourth-order valence-corrected chi connectivity index (χ4v) is 4.20. The van der Waals surface area contributed by atoms with Crippen LogP contribution < -0.4 is 5.32 Å². The summed E-state index contributed by atoms with van der Waals surface area (Å²) >= 11 is 0. The predicted molar refractivity (Wildman–Crippen MR) is 88.0 cm³/mol. The van der Waals surface area contributed by atoms with Crippen molar-refractivity contribution in [3.63, 3.8) is 0 Å². The summed E-state index contributed by atoms with van der Waals surface area (Å²) in [4.78, 5) is 2.47. The van der Waals surface area contributed by atoms with Crippen molar-refractivity contribution in [2.24, 2.45) is 17.8 Å². The Labute approximate surface area is 126 Å². The lowest BCUT2D eigenvalue weighted by molar-refractivity contribution is 0.205. The third-order valence-corrected chi connectivity index (χ3v) is 5.41. The van der Waals surface area contributed by atoms with Crippen LogP contribution in [0.3, 0.4) is 0 Å². The fraction of sp³-hybridized carbons (Fsp3) is 1.00. The summed E-state index contributed by atoms with van der Waals surface area (Å²) in [6, 6.07) is 0.818. The molecule has 1 saturated carbocycles. The molecule has 2 fully saturated rings. The van der Waals surface area contributed by atoms with E-state index in [1.807, 2.05) is 0 Å². The zero-order valence-electron chi connectivity index (χ0n) is 14.0. The molecule has 0 spiro atoms. The van der Waals surface area contributed by atoms with Crippen molar-refractivity contribution in [3.8, 4) is 0 Å². The van der Waals surface area contributed by atoms with Crippen LogP contribution in [0.15, 0.2) is 0 Å². The normalized spacial score (nSPS) is 30.0. The number of piperidine rings is 1. The fourth-order valence-electron chi connectivity index (χ4n) is 4.20. The Kier molecular flexibility index (Phi) is 6.83. The predicted octanol–water partition coefficient (Wildman–Crippen LogP) is 3.91. The molecule has 2 aliphatic rings. The Balaban J connectivity index is 1.59. The Morgan fingerprint density at radius 1 is 1.05 bits per heavy atom. The third kappa shape index (κ3) is 5.73. The molecule has 20 heavy (non-hydrogen) atoms. The number of rotatable bonds is 6. The van der Waals surface area contributed by atoms with E-state index in [9.17, 15) is 0 Å². The highest BCUT2D eigenvalue weighted by molar-refractivity contribution is 4.79. The monoisotopic (exact) mass is 280 g/mol. The van der Waals surface area contributed by atoms with Crippen LogP contribution >= 0.6 is 0 Å². The highest BCUT2D eigenvalue weighted by atomic mass is 15.1. The van der Waals surface area contributed by atoms with Crippen LogP contribution in [0.1, 0.15) is 65.2 Å². The molecule has 0 radical (unpaired) electrons. The number of hydrogen-bond acceptors (Lipinski definition) is 2. The van der Waals surface area contributed by atoms with Gasteiger partial charge in [0.15, 0.2) is 0 Å². The van der Waals surface area contributed by atoms with Crippen molar-refractivity contribution in [1.29, 1.82) is 0 Å². The first-order valence-electron chi connectivity index (χ1n) is 9.05. The molecular weight excluding hydrogens is 244 g/mol. The standard InChI is InChI=1S/C18H36N2/c1-15(2)13-17-5-4-6-18(14-17)19-10-7-16-8-11-20(3)12-9-16/h15-19H,4-14H2,1-3H3. The first kappa shape index (κ1) is 16.3. The molecule has 1 saturated heterocycles. The molecule has 1 aliphatic heterocycles. The molecule has 2 heteroatoms. The van der Waals surface area contributed by atoms with E-state index < -0.39 is 0 Å². The summed E-state index contributed by atoms with van der Waals surface area (Å²) in [5.74, 6) is 2.84. The molecular formula is C18H36N2. The minimum Gasteiger partial charge on any atom is -0.314 e. The van der Waals surface area contributed by atoms with E-state index in [1.54, 1.807) is 0 Å². The number of nitrogens with one attached hydrogen (secondary N) is 1. The number of likely N-dealkylation sites (tertiary alicyclic amines) is 1. The van der Waals surface area contributed by atoms with Crippen molar-refractivity contribution in [2.75, 3.05) is 26.7 Å². The van der Waals surface area contributed by atoms with Crippen molar-refractivity contribution >= 4 is 0 Å². The first-order chi connectivity index (χ1) is 9.63. The highest BCUT2D eigenvalue weighted by Gasteiger charge is 2.22. The number of hydrogen-bond donors (Lipinski definition) is 1. The minimum atomic E-state index is 0.818.